The lowest BCUT2D eigenvalue weighted by Gasteiger charge is -2.05. The van der Waals surface area contributed by atoms with Crippen LogP contribution >= 0.6 is 22.7 Å². The molecule has 2 N–H and O–H groups in total. The molecule has 0 spiro atoms. The van der Waals surface area contributed by atoms with Gasteiger partial charge in [0.25, 0.3) is 5.91 Å². The molecule has 1 aromatic carbocycles. The zero-order valence-corrected chi connectivity index (χ0v) is 18.6. The molecular formula is C23H22N4O2S2. The second-order valence-corrected chi connectivity index (χ2v) is 8.77. The minimum absolute atomic E-state index is 0.00166. The van der Waals surface area contributed by atoms with E-state index in [1.807, 2.05) is 58.1 Å². The molecule has 31 heavy (non-hydrogen) atoms. The first kappa shape index (κ1) is 21.0. The number of thiophene rings is 1. The predicted molar refractivity (Wildman–Crippen MR) is 126 cm³/mol. The number of aromatic nitrogens is 2. The molecule has 0 unspecified atom stereocenters. The van der Waals surface area contributed by atoms with Crippen molar-refractivity contribution < 1.29 is 9.59 Å². The van der Waals surface area contributed by atoms with E-state index in [2.05, 4.69) is 27.8 Å². The number of hydrogen-bond donors (Lipinski definition) is 2. The molecule has 4 aromatic rings. The van der Waals surface area contributed by atoms with Crippen LogP contribution in [-0.4, -0.2) is 27.9 Å². The van der Waals surface area contributed by atoms with E-state index < -0.39 is 0 Å². The van der Waals surface area contributed by atoms with Crippen molar-refractivity contribution in [3.8, 4) is 16.9 Å². The summed E-state index contributed by atoms with van der Waals surface area (Å²) in [6, 6.07) is 14.0. The maximum absolute atomic E-state index is 12.8. The molecule has 3 heterocycles. The Morgan fingerprint density at radius 2 is 1.84 bits per heavy atom. The van der Waals surface area contributed by atoms with Gasteiger partial charge >= 0.3 is 0 Å². The van der Waals surface area contributed by atoms with Crippen molar-refractivity contribution in [1.82, 2.24) is 14.9 Å². The summed E-state index contributed by atoms with van der Waals surface area (Å²) in [5.41, 5.74) is 3.92. The molecule has 158 valence electrons. The fraction of sp³-hybridized carbons (Fsp3) is 0.174. The fourth-order valence-electron chi connectivity index (χ4n) is 3.19. The molecule has 4 rings (SSSR count). The van der Waals surface area contributed by atoms with Crippen LogP contribution in [0, 0.1) is 0 Å². The van der Waals surface area contributed by atoms with Crippen LogP contribution in [0.5, 0.6) is 0 Å². The number of nitrogens with one attached hydrogen (secondary N) is 2. The van der Waals surface area contributed by atoms with E-state index in [-0.39, 0.29) is 11.8 Å². The van der Waals surface area contributed by atoms with E-state index in [4.69, 9.17) is 0 Å². The van der Waals surface area contributed by atoms with Gasteiger partial charge in [-0.2, -0.15) is 0 Å². The van der Waals surface area contributed by atoms with Crippen LogP contribution in [0.3, 0.4) is 0 Å². The third kappa shape index (κ3) is 5.28. The fourth-order valence-corrected chi connectivity index (χ4v) is 4.69. The molecule has 0 fully saturated rings. The Bertz CT molecular complexity index is 1160. The van der Waals surface area contributed by atoms with E-state index in [9.17, 15) is 9.59 Å². The first-order valence-corrected chi connectivity index (χ1v) is 11.7. The molecule has 0 saturated carbocycles. The monoisotopic (exact) mass is 450 g/mol. The first-order valence-electron chi connectivity index (χ1n) is 9.91. The number of carbonyl (C=O) groups is 2. The van der Waals surface area contributed by atoms with Crippen molar-refractivity contribution in [3.63, 3.8) is 0 Å². The quantitative estimate of drug-likeness (QED) is 0.372. The average molecular weight is 451 g/mol. The molecule has 3 aromatic heterocycles. The summed E-state index contributed by atoms with van der Waals surface area (Å²) in [5.74, 6) is -0.157. The van der Waals surface area contributed by atoms with Gasteiger partial charge in [0, 0.05) is 36.8 Å². The minimum Gasteiger partial charge on any atom is -0.356 e. The first-order chi connectivity index (χ1) is 15.1. The highest BCUT2D eigenvalue weighted by atomic mass is 32.1. The van der Waals surface area contributed by atoms with Crippen molar-refractivity contribution >= 4 is 39.6 Å². The van der Waals surface area contributed by atoms with Crippen LogP contribution in [0.2, 0.25) is 0 Å². The van der Waals surface area contributed by atoms with Gasteiger partial charge in [0.05, 0.1) is 11.4 Å². The van der Waals surface area contributed by atoms with Crippen molar-refractivity contribution in [1.29, 1.82) is 0 Å². The van der Waals surface area contributed by atoms with E-state index in [0.29, 0.717) is 16.6 Å². The van der Waals surface area contributed by atoms with Gasteiger partial charge in [-0.05, 0) is 42.0 Å². The summed E-state index contributed by atoms with van der Waals surface area (Å²) in [4.78, 5) is 28.9. The highest BCUT2D eigenvalue weighted by molar-refractivity contribution is 7.15. The largest absolute Gasteiger partial charge is 0.356 e. The third-order valence-electron chi connectivity index (χ3n) is 4.72. The van der Waals surface area contributed by atoms with Gasteiger partial charge in [0.15, 0.2) is 5.13 Å². The Hall–Kier alpha value is -3.23. The second-order valence-electron chi connectivity index (χ2n) is 7.00. The number of aryl methyl sites for hydroxylation is 1. The SMILES string of the molecule is CC(=O)NCCCc1ccc(-c2csc(NC(=O)c3sccc3-n3cccc3)n2)cc1. The number of carbonyl (C=O) groups excluding carboxylic acids is 2. The van der Waals surface area contributed by atoms with Gasteiger partial charge in [-0.25, -0.2) is 4.98 Å². The van der Waals surface area contributed by atoms with Crippen molar-refractivity contribution in [3.05, 3.63) is 76.1 Å². The Morgan fingerprint density at radius 1 is 1.06 bits per heavy atom. The van der Waals surface area contributed by atoms with Gasteiger partial charge in [0.2, 0.25) is 5.91 Å². The molecule has 0 bridgehead atoms. The zero-order valence-electron chi connectivity index (χ0n) is 17.0. The Morgan fingerprint density at radius 3 is 2.58 bits per heavy atom. The Labute approximate surface area is 188 Å². The number of thiazole rings is 1. The molecular weight excluding hydrogens is 428 g/mol. The number of nitrogens with zero attached hydrogens (tertiary/aromatic N) is 2. The molecule has 2 amide bonds. The van der Waals surface area contributed by atoms with Crippen LogP contribution in [0.15, 0.2) is 65.6 Å². The average Bonchev–Trinajstić information content (AvgIpc) is 3.52. The number of anilines is 1. The van der Waals surface area contributed by atoms with Crippen LogP contribution in [0.25, 0.3) is 16.9 Å². The molecule has 0 aliphatic carbocycles. The molecule has 8 heteroatoms. The minimum atomic E-state index is -0.158. The van der Waals surface area contributed by atoms with E-state index >= 15 is 0 Å². The summed E-state index contributed by atoms with van der Waals surface area (Å²) in [6.45, 7) is 2.21. The molecule has 0 atom stereocenters. The summed E-state index contributed by atoms with van der Waals surface area (Å²) < 4.78 is 1.93. The highest BCUT2D eigenvalue weighted by Gasteiger charge is 2.16. The summed E-state index contributed by atoms with van der Waals surface area (Å²) in [7, 11) is 0. The normalized spacial score (nSPS) is 10.7. The summed E-state index contributed by atoms with van der Waals surface area (Å²) >= 11 is 2.82. The predicted octanol–water partition coefficient (Wildman–Crippen LogP) is 4.98. The van der Waals surface area contributed by atoms with E-state index in [1.54, 1.807) is 0 Å². The molecule has 6 nitrogen and oxygen atoms in total. The lowest BCUT2D eigenvalue weighted by atomic mass is 10.1. The van der Waals surface area contributed by atoms with Gasteiger partial charge < -0.3 is 9.88 Å². The molecule has 0 aliphatic heterocycles. The maximum Gasteiger partial charge on any atom is 0.269 e. The molecule has 0 aliphatic rings. The van der Waals surface area contributed by atoms with Crippen molar-refractivity contribution in [2.75, 3.05) is 11.9 Å². The Kier molecular flexibility index (Phi) is 6.59. The standard InChI is InChI=1S/C23H22N4O2S2/c1-16(28)24-11-4-5-17-6-8-18(9-7-17)19-15-31-23(25-19)26-22(29)21-20(10-14-30-21)27-12-2-3-13-27/h2-3,6-10,12-15H,4-5,11H2,1H3,(H,24,28)(H,25,26,29). The van der Waals surface area contributed by atoms with Gasteiger partial charge in [-0.1, -0.05) is 24.3 Å². The van der Waals surface area contributed by atoms with Crippen molar-refractivity contribution in [2.45, 2.75) is 19.8 Å². The van der Waals surface area contributed by atoms with E-state index in [1.165, 1.54) is 35.2 Å². The highest BCUT2D eigenvalue weighted by Crippen LogP contribution is 2.27. The number of rotatable bonds is 8. The number of amides is 2. The van der Waals surface area contributed by atoms with Crippen LogP contribution in [0.4, 0.5) is 5.13 Å². The number of hydrogen-bond acceptors (Lipinski definition) is 5. The molecule has 0 radical (unpaired) electrons. The third-order valence-corrected chi connectivity index (χ3v) is 6.38. The zero-order chi connectivity index (χ0) is 21.6. The smallest absolute Gasteiger partial charge is 0.269 e. The molecule has 0 saturated heterocycles. The van der Waals surface area contributed by atoms with E-state index in [0.717, 1.165) is 29.8 Å². The lowest BCUT2D eigenvalue weighted by molar-refractivity contribution is -0.118. The number of benzene rings is 1. The second kappa shape index (κ2) is 9.72. The summed E-state index contributed by atoms with van der Waals surface area (Å²) in [5, 5.41) is 10.2. The van der Waals surface area contributed by atoms with Crippen LogP contribution in [0.1, 0.15) is 28.6 Å². The van der Waals surface area contributed by atoms with Gasteiger partial charge in [-0.3, -0.25) is 14.9 Å². The maximum atomic E-state index is 12.8. The topological polar surface area (TPSA) is 76.0 Å². The van der Waals surface area contributed by atoms with Crippen molar-refractivity contribution in [2.24, 2.45) is 0 Å². The lowest BCUT2D eigenvalue weighted by Crippen LogP contribution is -2.21. The van der Waals surface area contributed by atoms with Crippen LogP contribution in [-0.2, 0) is 11.2 Å². The summed E-state index contributed by atoms with van der Waals surface area (Å²) in [6.07, 6.45) is 5.65. The van der Waals surface area contributed by atoms with Gasteiger partial charge in [0.1, 0.15) is 4.88 Å². The van der Waals surface area contributed by atoms with Crippen LogP contribution < -0.4 is 10.6 Å². The van der Waals surface area contributed by atoms with Gasteiger partial charge in [-0.15, -0.1) is 22.7 Å². The Balaban J connectivity index is 1.38.